The van der Waals surface area contributed by atoms with Gasteiger partial charge in [-0.25, -0.2) is 0 Å². The zero-order chi connectivity index (χ0) is 14.6. The van der Waals surface area contributed by atoms with Crippen LogP contribution in [0.2, 0.25) is 0 Å². The molecule has 1 aromatic carbocycles. The third-order valence-corrected chi connectivity index (χ3v) is 2.96. The summed E-state index contributed by atoms with van der Waals surface area (Å²) in [6.07, 6.45) is 0. The van der Waals surface area contributed by atoms with Gasteiger partial charge < -0.3 is 10.0 Å². The summed E-state index contributed by atoms with van der Waals surface area (Å²) in [7, 11) is 0. The minimum Gasteiger partial charge on any atom is -0.480 e. The number of rotatable bonds is 4. The molecule has 0 saturated carbocycles. The van der Waals surface area contributed by atoms with E-state index in [1.165, 1.54) is 4.90 Å². The number of hydrogen-bond acceptors (Lipinski definition) is 2. The van der Waals surface area contributed by atoms with Gasteiger partial charge in [-0.05, 0) is 24.0 Å². The van der Waals surface area contributed by atoms with Crippen LogP contribution in [0.4, 0.5) is 0 Å². The molecule has 0 heterocycles. The van der Waals surface area contributed by atoms with Gasteiger partial charge in [-0.15, -0.1) is 0 Å². The van der Waals surface area contributed by atoms with E-state index in [1.807, 2.05) is 32.9 Å². The minimum atomic E-state index is -0.997. The number of carbonyl (C=O) groups is 2. The van der Waals surface area contributed by atoms with Crippen molar-refractivity contribution in [3.8, 4) is 0 Å². The van der Waals surface area contributed by atoms with Crippen LogP contribution in [0.25, 0.3) is 0 Å². The van der Waals surface area contributed by atoms with E-state index < -0.39 is 5.97 Å². The van der Waals surface area contributed by atoms with Gasteiger partial charge in [0, 0.05) is 12.1 Å². The van der Waals surface area contributed by atoms with E-state index in [2.05, 4.69) is 0 Å². The van der Waals surface area contributed by atoms with Crippen LogP contribution >= 0.6 is 0 Å². The second kappa shape index (κ2) is 5.87. The topological polar surface area (TPSA) is 57.6 Å². The molecular weight excluding hydrogens is 242 g/mol. The highest BCUT2D eigenvalue weighted by Gasteiger charge is 2.24. The largest absolute Gasteiger partial charge is 0.480 e. The molecule has 0 atom stereocenters. The molecule has 0 spiro atoms. The van der Waals surface area contributed by atoms with Crippen molar-refractivity contribution in [1.29, 1.82) is 0 Å². The molecule has 4 nitrogen and oxygen atoms in total. The van der Waals surface area contributed by atoms with Crippen LogP contribution in [-0.2, 0) is 10.2 Å². The predicted octanol–water partition coefficient (Wildman–Crippen LogP) is 2.53. The maximum Gasteiger partial charge on any atom is 0.323 e. The number of nitrogens with zero attached hydrogens (tertiary/aromatic N) is 1. The standard InChI is InChI=1S/C15H21NO3/c1-5-16(10-13(17)18)14(19)11-8-6-7-9-12(11)15(2,3)4/h6-9H,5,10H2,1-4H3,(H,17,18). The van der Waals surface area contributed by atoms with Gasteiger partial charge in [0.1, 0.15) is 6.54 Å². The van der Waals surface area contributed by atoms with Crippen molar-refractivity contribution in [1.82, 2.24) is 4.90 Å². The van der Waals surface area contributed by atoms with Crippen molar-refractivity contribution in [2.45, 2.75) is 33.1 Å². The van der Waals surface area contributed by atoms with Gasteiger partial charge in [0.25, 0.3) is 5.91 Å². The van der Waals surface area contributed by atoms with E-state index in [4.69, 9.17) is 5.11 Å². The zero-order valence-corrected chi connectivity index (χ0v) is 11.9. The first-order valence-electron chi connectivity index (χ1n) is 6.38. The molecule has 1 rings (SSSR count). The molecule has 0 radical (unpaired) electrons. The predicted molar refractivity (Wildman–Crippen MR) is 74.4 cm³/mol. The number of carboxylic acids is 1. The maximum atomic E-state index is 12.4. The first-order chi connectivity index (χ1) is 8.77. The van der Waals surface area contributed by atoms with Crippen LogP contribution < -0.4 is 0 Å². The molecule has 0 aromatic heterocycles. The number of benzene rings is 1. The molecule has 1 aromatic rings. The van der Waals surface area contributed by atoms with Gasteiger partial charge in [0.15, 0.2) is 0 Å². The lowest BCUT2D eigenvalue weighted by Gasteiger charge is -2.25. The number of carbonyl (C=O) groups excluding carboxylic acids is 1. The van der Waals surface area contributed by atoms with Gasteiger partial charge in [-0.3, -0.25) is 9.59 Å². The Morgan fingerprint density at radius 1 is 1.21 bits per heavy atom. The number of aliphatic carboxylic acids is 1. The molecule has 0 aliphatic rings. The molecule has 0 saturated heterocycles. The van der Waals surface area contributed by atoms with E-state index in [0.29, 0.717) is 12.1 Å². The Kier molecular flexibility index (Phi) is 4.70. The number of amides is 1. The fourth-order valence-corrected chi connectivity index (χ4v) is 1.98. The first-order valence-corrected chi connectivity index (χ1v) is 6.38. The van der Waals surface area contributed by atoms with Crippen LogP contribution in [0, 0.1) is 0 Å². The van der Waals surface area contributed by atoms with E-state index in [1.54, 1.807) is 19.1 Å². The smallest absolute Gasteiger partial charge is 0.323 e. The molecule has 0 unspecified atom stereocenters. The summed E-state index contributed by atoms with van der Waals surface area (Å²) in [6.45, 7) is 7.99. The molecule has 1 N–H and O–H groups in total. The van der Waals surface area contributed by atoms with Crippen LogP contribution in [0.5, 0.6) is 0 Å². The molecule has 0 aliphatic carbocycles. The lowest BCUT2D eigenvalue weighted by molar-refractivity contribution is -0.137. The summed E-state index contributed by atoms with van der Waals surface area (Å²) in [5.41, 5.74) is 1.36. The fraction of sp³-hybridized carbons (Fsp3) is 0.467. The van der Waals surface area contributed by atoms with E-state index >= 15 is 0 Å². The highest BCUT2D eigenvalue weighted by molar-refractivity contribution is 5.97. The van der Waals surface area contributed by atoms with Crippen LogP contribution in [0.15, 0.2) is 24.3 Å². The van der Waals surface area contributed by atoms with Crippen molar-refractivity contribution >= 4 is 11.9 Å². The molecule has 19 heavy (non-hydrogen) atoms. The van der Waals surface area contributed by atoms with Crippen molar-refractivity contribution in [3.05, 3.63) is 35.4 Å². The molecule has 1 amide bonds. The molecule has 104 valence electrons. The molecule has 0 bridgehead atoms. The summed E-state index contributed by atoms with van der Waals surface area (Å²) < 4.78 is 0. The van der Waals surface area contributed by atoms with Crippen molar-refractivity contribution in [2.75, 3.05) is 13.1 Å². The third-order valence-electron chi connectivity index (χ3n) is 2.96. The van der Waals surface area contributed by atoms with Gasteiger partial charge >= 0.3 is 5.97 Å². The number of likely N-dealkylation sites (N-methyl/N-ethyl adjacent to an activating group) is 1. The van der Waals surface area contributed by atoms with Gasteiger partial charge in [-0.1, -0.05) is 39.0 Å². The molecule has 0 aliphatic heterocycles. The Bertz CT molecular complexity index is 475. The van der Waals surface area contributed by atoms with Crippen molar-refractivity contribution in [3.63, 3.8) is 0 Å². The Hall–Kier alpha value is -1.84. The Labute approximate surface area is 114 Å². The van der Waals surface area contributed by atoms with Gasteiger partial charge in [0.05, 0.1) is 0 Å². The summed E-state index contributed by atoms with van der Waals surface area (Å²) in [4.78, 5) is 24.6. The summed E-state index contributed by atoms with van der Waals surface area (Å²) in [6, 6.07) is 7.37. The van der Waals surface area contributed by atoms with Gasteiger partial charge in [-0.2, -0.15) is 0 Å². The van der Waals surface area contributed by atoms with Crippen molar-refractivity contribution in [2.24, 2.45) is 0 Å². The second-order valence-electron chi connectivity index (χ2n) is 5.51. The average Bonchev–Trinajstić information content (AvgIpc) is 2.34. The normalized spacial score (nSPS) is 11.2. The molecule has 4 heteroatoms. The maximum absolute atomic E-state index is 12.4. The first kappa shape index (κ1) is 15.2. The summed E-state index contributed by atoms with van der Waals surface area (Å²) >= 11 is 0. The van der Waals surface area contributed by atoms with Crippen molar-refractivity contribution < 1.29 is 14.7 Å². The Balaban J connectivity index is 3.15. The lowest BCUT2D eigenvalue weighted by Crippen LogP contribution is -2.36. The fourth-order valence-electron chi connectivity index (χ4n) is 1.98. The van der Waals surface area contributed by atoms with Crippen LogP contribution in [-0.4, -0.2) is 35.0 Å². The highest BCUT2D eigenvalue weighted by atomic mass is 16.4. The monoisotopic (exact) mass is 263 g/mol. The quantitative estimate of drug-likeness (QED) is 0.908. The Morgan fingerprint density at radius 3 is 2.26 bits per heavy atom. The lowest BCUT2D eigenvalue weighted by atomic mass is 9.83. The molecule has 0 fully saturated rings. The minimum absolute atomic E-state index is 0.158. The number of hydrogen-bond donors (Lipinski definition) is 1. The van der Waals surface area contributed by atoms with E-state index in [0.717, 1.165) is 5.56 Å². The zero-order valence-electron chi connectivity index (χ0n) is 11.9. The average molecular weight is 263 g/mol. The molecular formula is C15H21NO3. The van der Waals surface area contributed by atoms with E-state index in [9.17, 15) is 9.59 Å². The summed E-state index contributed by atoms with van der Waals surface area (Å²) in [5, 5.41) is 8.85. The van der Waals surface area contributed by atoms with Crippen LogP contribution in [0.3, 0.4) is 0 Å². The van der Waals surface area contributed by atoms with Crippen LogP contribution in [0.1, 0.15) is 43.6 Å². The summed E-state index contributed by atoms with van der Waals surface area (Å²) in [5.74, 6) is -1.22. The Morgan fingerprint density at radius 2 is 1.79 bits per heavy atom. The second-order valence-corrected chi connectivity index (χ2v) is 5.51. The van der Waals surface area contributed by atoms with Gasteiger partial charge in [0.2, 0.25) is 0 Å². The highest BCUT2D eigenvalue weighted by Crippen LogP contribution is 2.26. The SMILES string of the molecule is CCN(CC(=O)O)C(=O)c1ccccc1C(C)(C)C. The number of carboxylic acid groups (broad SMARTS) is 1. The van der Waals surface area contributed by atoms with E-state index in [-0.39, 0.29) is 17.9 Å². The third kappa shape index (κ3) is 3.81.